The van der Waals surface area contributed by atoms with Crippen LogP contribution in [0.2, 0.25) is 0 Å². The standard InChI is InChI=1S/C18H31NO4S2/c1-18(2,3)25(22,23)15-9-7-5-6-8-10-16-11-13-17(14-12-16)19-24(4,20)21/h11-14,19H,5-10,15H2,1-4H3. The Balaban J connectivity index is 2.22. The van der Waals surface area contributed by atoms with Gasteiger partial charge in [-0.05, 0) is 57.7 Å². The molecule has 1 rings (SSSR count). The normalized spacial score (nSPS) is 13.0. The van der Waals surface area contributed by atoms with Crippen molar-refractivity contribution in [1.29, 1.82) is 0 Å². The predicted octanol–water partition coefficient (Wildman–Crippen LogP) is 3.76. The molecular weight excluding hydrogens is 358 g/mol. The molecule has 0 saturated carbocycles. The van der Waals surface area contributed by atoms with Gasteiger partial charge in [0, 0.05) is 5.69 Å². The van der Waals surface area contributed by atoms with Crippen LogP contribution in [-0.2, 0) is 26.3 Å². The van der Waals surface area contributed by atoms with E-state index in [-0.39, 0.29) is 5.75 Å². The van der Waals surface area contributed by atoms with Crippen molar-refractivity contribution in [2.24, 2.45) is 0 Å². The number of hydrogen-bond acceptors (Lipinski definition) is 4. The third-order valence-electron chi connectivity index (χ3n) is 4.07. The summed E-state index contributed by atoms with van der Waals surface area (Å²) >= 11 is 0. The van der Waals surface area contributed by atoms with Crippen LogP contribution in [0.4, 0.5) is 5.69 Å². The first-order valence-electron chi connectivity index (χ1n) is 8.70. The lowest BCUT2D eigenvalue weighted by Gasteiger charge is -2.18. The third-order valence-corrected chi connectivity index (χ3v) is 7.37. The summed E-state index contributed by atoms with van der Waals surface area (Å²) in [5, 5.41) is 0. The van der Waals surface area contributed by atoms with Crippen LogP contribution < -0.4 is 4.72 Å². The average Bonchev–Trinajstić information content (AvgIpc) is 2.45. The predicted molar refractivity (Wildman–Crippen MR) is 105 cm³/mol. The topological polar surface area (TPSA) is 80.3 Å². The van der Waals surface area contributed by atoms with Gasteiger partial charge in [0.05, 0.1) is 16.8 Å². The lowest BCUT2D eigenvalue weighted by Crippen LogP contribution is -2.30. The summed E-state index contributed by atoms with van der Waals surface area (Å²) in [6.07, 6.45) is 6.89. The van der Waals surface area contributed by atoms with Crippen LogP contribution >= 0.6 is 0 Å². The second kappa shape index (κ2) is 9.03. The average molecular weight is 390 g/mol. The van der Waals surface area contributed by atoms with Gasteiger partial charge in [-0.1, -0.05) is 31.4 Å². The summed E-state index contributed by atoms with van der Waals surface area (Å²) in [6, 6.07) is 7.41. The van der Waals surface area contributed by atoms with E-state index in [0.29, 0.717) is 5.69 Å². The molecule has 25 heavy (non-hydrogen) atoms. The number of benzene rings is 1. The second-order valence-electron chi connectivity index (χ2n) is 7.52. The van der Waals surface area contributed by atoms with Gasteiger partial charge in [-0.25, -0.2) is 16.8 Å². The first-order chi connectivity index (χ1) is 11.4. The van der Waals surface area contributed by atoms with Crippen LogP contribution in [0.1, 0.15) is 58.4 Å². The quantitative estimate of drug-likeness (QED) is 0.618. The van der Waals surface area contributed by atoms with Crippen LogP contribution in [0.15, 0.2) is 24.3 Å². The number of hydrogen-bond donors (Lipinski definition) is 1. The van der Waals surface area contributed by atoms with E-state index < -0.39 is 24.6 Å². The van der Waals surface area contributed by atoms with E-state index in [9.17, 15) is 16.8 Å². The number of sulfone groups is 1. The minimum atomic E-state index is -3.23. The van der Waals surface area contributed by atoms with Crippen molar-refractivity contribution in [3.05, 3.63) is 29.8 Å². The van der Waals surface area contributed by atoms with Gasteiger partial charge in [-0.3, -0.25) is 4.72 Å². The molecule has 1 aromatic rings. The lowest BCUT2D eigenvalue weighted by atomic mass is 10.1. The molecule has 0 radical (unpaired) electrons. The first kappa shape index (κ1) is 22.0. The maximum atomic E-state index is 12.0. The van der Waals surface area contributed by atoms with Crippen molar-refractivity contribution >= 4 is 25.5 Å². The molecule has 0 aliphatic rings. The Kier molecular flexibility index (Phi) is 7.93. The Labute approximate surface area is 153 Å². The number of nitrogens with one attached hydrogen (secondary N) is 1. The molecule has 0 unspecified atom stereocenters. The summed E-state index contributed by atoms with van der Waals surface area (Å²) in [5.41, 5.74) is 1.75. The molecule has 0 aliphatic heterocycles. The first-order valence-corrected chi connectivity index (χ1v) is 12.2. The van der Waals surface area contributed by atoms with E-state index in [1.807, 2.05) is 12.1 Å². The van der Waals surface area contributed by atoms with Gasteiger partial charge in [-0.15, -0.1) is 0 Å². The number of unbranched alkanes of at least 4 members (excludes halogenated alkanes) is 4. The zero-order valence-corrected chi connectivity index (χ0v) is 17.3. The Bertz CT molecular complexity index is 730. The highest BCUT2D eigenvalue weighted by atomic mass is 32.2. The van der Waals surface area contributed by atoms with E-state index in [2.05, 4.69) is 4.72 Å². The van der Waals surface area contributed by atoms with Gasteiger partial charge in [0.1, 0.15) is 0 Å². The van der Waals surface area contributed by atoms with Gasteiger partial charge < -0.3 is 0 Å². The highest BCUT2D eigenvalue weighted by Crippen LogP contribution is 2.18. The molecule has 0 amide bonds. The minimum absolute atomic E-state index is 0.269. The third kappa shape index (κ3) is 8.72. The van der Waals surface area contributed by atoms with E-state index in [1.165, 1.54) is 5.56 Å². The van der Waals surface area contributed by atoms with Crippen molar-refractivity contribution in [3.8, 4) is 0 Å². The summed E-state index contributed by atoms with van der Waals surface area (Å²) in [5.74, 6) is 0.269. The van der Waals surface area contributed by atoms with Crippen molar-refractivity contribution in [3.63, 3.8) is 0 Å². The van der Waals surface area contributed by atoms with E-state index in [4.69, 9.17) is 0 Å². The molecule has 0 fully saturated rings. The number of rotatable bonds is 10. The maximum Gasteiger partial charge on any atom is 0.229 e. The van der Waals surface area contributed by atoms with Gasteiger partial charge in [0.25, 0.3) is 0 Å². The zero-order chi connectivity index (χ0) is 19.1. The summed E-state index contributed by atoms with van der Waals surface area (Å²) in [6.45, 7) is 5.25. The van der Waals surface area contributed by atoms with Gasteiger partial charge >= 0.3 is 0 Å². The molecule has 0 saturated heterocycles. The smallest absolute Gasteiger partial charge is 0.229 e. The number of sulfonamides is 1. The van der Waals surface area contributed by atoms with Crippen LogP contribution in [0, 0.1) is 0 Å². The van der Waals surface area contributed by atoms with E-state index in [1.54, 1.807) is 32.9 Å². The molecule has 0 atom stereocenters. The SMILES string of the molecule is CC(C)(C)S(=O)(=O)CCCCCCCc1ccc(NS(C)(=O)=O)cc1. The largest absolute Gasteiger partial charge is 0.284 e. The van der Waals surface area contributed by atoms with E-state index >= 15 is 0 Å². The molecule has 0 heterocycles. The summed E-state index contributed by atoms with van der Waals surface area (Å²) < 4.78 is 48.1. The summed E-state index contributed by atoms with van der Waals surface area (Å²) in [4.78, 5) is 0. The van der Waals surface area contributed by atoms with E-state index in [0.717, 1.165) is 44.8 Å². The Morgan fingerprint density at radius 2 is 1.36 bits per heavy atom. The van der Waals surface area contributed by atoms with Crippen LogP contribution in [0.5, 0.6) is 0 Å². The fourth-order valence-corrected chi connectivity index (χ4v) is 4.17. The molecule has 1 aromatic carbocycles. The van der Waals surface area contributed by atoms with Crippen LogP contribution in [0.3, 0.4) is 0 Å². The highest BCUT2D eigenvalue weighted by molar-refractivity contribution is 7.92. The Morgan fingerprint density at radius 1 is 0.840 bits per heavy atom. The fourth-order valence-electron chi connectivity index (χ4n) is 2.41. The van der Waals surface area contributed by atoms with Gasteiger partial charge in [-0.2, -0.15) is 0 Å². The molecule has 0 aromatic heterocycles. The molecule has 0 aliphatic carbocycles. The molecule has 0 bridgehead atoms. The maximum absolute atomic E-state index is 12.0. The molecule has 7 heteroatoms. The number of aryl methyl sites for hydroxylation is 1. The number of anilines is 1. The minimum Gasteiger partial charge on any atom is -0.284 e. The van der Waals surface area contributed by atoms with Crippen molar-refractivity contribution in [1.82, 2.24) is 0 Å². The van der Waals surface area contributed by atoms with Crippen molar-refractivity contribution in [2.45, 2.75) is 64.0 Å². The van der Waals surface area contributed by atoms with Gasteiger partial charge in [0.2, 0.25) is 10.0 Å². The van der Waals surface area contributed by atoms with Crippen molar-refractivity contribution in [2.75, 3.05) is 16.7 Å². The second-order valence-corrected chi connectivity index (χ2v) is 12.1. The van der Waals surface area contributed by atoms with Crippen LogP contribution in [-0.4, -0.2) is 33.6 Å². The summed E-state index contributed by atoms with van der Waals surface area (Å²) in [7, 11) is -6.23. The fraction of sp³-hybridized carbons (Fsp3) is 0.667. The molecule has 144 valence electrons. The monoisotopic (exact) mass is 389 g/mol. The zero-order valence-electron chi connectivity index (χ0n) is 15.7. The molecule has 5 nitrogen and oxygen atoms in total. The Morgan fingerprint density at radius 3 is 1.88 bits per heavy atom. The van der Waals surface area contributed by atoms with Crippen LogP contribution in [0.25, 0.3) is 0 Å². The Hall–Kier alpha value is -1.08. The molecular formula is C18H31NO4S2. The lowest BCUT2D eigenvalue weighted by molar-refractivity contribution is 0.552. The van der Waals surface area contributed by atoms with Crippen molar-refractivity contribution < 1.29 is 16.8 Å². The van der Waals surface area contributed by atoms with Gasteiger partial charge in [0.15, 0.2) is 9.84 Å². The highest BCUT2D eigenvalue weighted by Gasteiger charge is 2.27. The molecule has 0 spiro atoms. The molecule has 1 N–H and O–H groups in total.